The van der Waals surface area contributed by atoms with Gasteiger partial charge in [-0.15, -0.1) is 16.7 Å². The third kappa shape index (κ3) is 5.71. The Labute approximate surface area is 51.6 Å². The van der Waals surface area contributed by atoms with E-state index in [2.05, 4.69) is 5.32 Å². The highest BCUT2D eigenvalue weighted by atomic mass is 32.2. The van der Waals surface area contributed by atoms with Crippen LogP contribution in [0.4, 0.5) is 0 Å². The molecule has 0 aliphatic carbocycles. The summed E-state index contributed by atoms with van der Waals surface area (Å²) in [6.07, 6.45) is 0. The van der Waals surface area contributed by atoms with E-state index < -0.39 is 0 Å². The maximum absolute atomic E-state index is 8.11. The maximum Gasteiger partial charge on any atom is 0.152 e. The smallest absolute Gasteiger partial charge is 0.152 e. The minimum atomic E-state index is 1.17. The van der Waals surface area contributed by atoms with Crippen molar-refractivity contribution in [3.63, 3.8) is 0 Å². The Kier molecular flexibility index (Phi) is 6.47. The van der Waals surface area contributed by atoms with Crippen LogP contribution in [-0.2, 0) is 0 Å². The lowest BCUT2D eigenvalue weighted by molar-refractivity contribution is 0.312. The van der Waals surface area contributed by atoms with Crippen LogP contribution in [0.25, 0.3) is 0 Å². The minimum Gasteiger partial charge on any atom is -0.379 e. The quantitative estimate of drug-likeness (QED) is 0.374. The molecule has 5 heteroatoms. The summed E-state index contributed by atoms with van der Waals surface area (Å²) in [4.78, 5) is 8.11. The van der Waals surface area contributed by atoms with E-state index in [9.17, 15) is 0 Å². The van der Waals surface area contributed by atoms with Gasteiger partial charge < -0.3 is 10.5 Å². The van der Waals surface area contributed by atoms with Gasteiger partial charge >= 0.3 is 0 Å². The molecule has 1 rings (SSSR count). The van der Waals surface area contributed by atoms with E-state index in [1.807, 2.05) is 11.8 Å². The third-order valence-electron chi connectivity index (χ3n) is 0.627. The summed E-state index contributed by atoms with van der Waals surface area (Å²) in [5.41, 5.74) is 0. The number of nitrogens with one attached hydrogen (secondary N) is 1. The average Bonchev–Trinajstić information content (AvgIpc) is 2.17. The molecule has 48 valence electrons. The van der Waals surface area contributed by atoms with E-state index in [0.29, 0.717) is 0 Å². The van der Waals surface area contributed by atoms with Crippen LogP contribution < -0.4 is 5.32 Å². The lowest BCUT2D eigenvalue weighted by Gasteiger charge is -1.74. The predicted octanol–water partition coefficient (Wildman–Crippen LogP) is 0.422. The van der Waals surface area contributed by atoms with Crippen molar-refractivity contribution in [1.29, 1.82) is 0 Å². The van der Waals surface area contributed by atoms with E-state index in [1.54, 1.807) is 0 Å². The van der Waals surface area contributed by atoms with Crippen LogP contribution in [0.15, 0.2) is 5.34 Å². The van der Waals surface area contributed by atoms with Gasteiger partial charge in [0.25, 0.3) is 0 Å². The lowest BCUT2D eigenvalue weighted by atomic mass is 10.8. The van der Waals surface area contributed by atoms with Crippen LogP contribution in [-0.4, -0.2) is 23.4 Å². The SMILES string of the molecule is C1CSCN1.O=NO. The lowest BCUT2D eigenvalue weighted by Crippen LogP contribution is -2.04. The molecule has 0 bridgehead atoms. The number of nitrogens with zero attached hydrogens (tertiary/aromatic N) is 1. The summed E-state index contributed by atoms with van der Waals surface area (Å²) in [6.45, 7) is 1.21. The van der Waals surface area contributed by atoms with Crippen molar-refractivity contribution in [2.75, 3.05) is 18.2 Å². The van der Waals surface area contributed by atoms with Gasteiger partial charge in [-0.2, -0.15) is 0 Å². The normalized spacial score (nSPS) is 16.5. The Bertz CT molecular complexity index is 49.6. The van der Waals surface area contributed by atoms with Gasteiger partial charge in [0.2, 0.25) is 0 Å². The van der Waals surface area contributed by atoms with Gasteiger partial charge in [-0.05, 0) is 0 Å². The van der Waals surface area contributed by atoms with E-state index in [-0.39, 0.29) is 0 Å². The summed E-state index contributed by atoms with van der Waals surface area (Å²) in [7, 11) is 0. The monoisotopic (exact) mass is 136 g/mol. The molecule has 0 spiro atoms. The number of hydrogen-bond acceptors (Lipinski definition) is 4. The fourth-order valence-electron chi connectivity index (χ4n) is 0.361. The van der Waals surface area contributed by atoms with Crippen molar-refractivity contribution in [2.45, 2.75) is 0 Å². The first-order valence-corrected chi connectivity index (χ1v) is 3.32. The van der Waals surface area contributed by atoms with Crippen LogP contribution in [0.5, 0.6) is 0 Å². The molecule has 1 saturated heterocycles. The first kappa shape index (κ1) is 7.71. The van der Waals surface area contributed by atoms with Gasteiger partial charge in [0, 0.05) is 18.2 Å². The fraction of sp³-hybridized carbons (Fsp3) is 1.00. The summed E-state index contributed by atoms with van der Waals surface area (Å²) in [6, 6.07) is 0. The number of hydrogen-bond donors (Lipinski definition) is 2. The van der Waals surface area contributed by atoms with Crippen molar-refractivity contribution >= 4 is 11.8 Å². The highest BCUT2D eigenvalue weighted by molar-refractivity contribution is 7.99. The molecule has 1 fully saturated rings. The van der Waals surface area contributed by atoms with Crippen molar-refractivity contribution in [3.05, 3.63) is 4.91 Å². The van der Waals surface area contributed by atoms with Crippen LogP contribution in [0, 0.1) is 4.91 Å². The number of thioether (sulfide) groups is 1. The summed E-state index contributed by atoms with van der Waals surface area (Å²) in [5.74, 6) is 2.47. The summed E-state index contributed by atoms with van der Waals surface area (Å²) in [5, 5.41) is 11.1. The molecule has 0 atom stereocenters. The molecule has 1 aliphatic rings. The number of rotatable bonds is 0. The first-order chi connectivity index (χ1) is 3.91. The van der Waals surface area contributed by atoms with Gasteiger partial charge in [-0.1, -0.05) is 0 Å². The Morgan fingerprint density at radius 1 is 1.75 bits per heavy atom. The van der Waals surface area contributed by atoms with Gasteiger partial charge in [0.05, 0.1) is 0 Å². The Morgan fingerprint density at radius 3 is 2.50 bits per heavy atom. The zero-order valence-corrected chi connectivity index (χ0v) is 5.15. The second kappa shape index (κ2) is 6.71. The molecule has 0 amide bonds. The summed E-state index contributed by atoms with van der Waals surface area (Å²) < 4.78 is 0. The van der Waals surface area contributed by atoms with Crippen LogP contribution in [0.3, 0.4) is 0 Å². The van der Waals surface area contributed by atoms with E-state index in [0.717, 1.165) is 0 Å². The predicted molar refractivity (Wildman–Crippen MR) is 32.9 cm³/mol. The average molecular weight is 136 g/mol. The molecule has 0 aromatic heterocycles. The van der Waals surface area contributed by atoms with Crippen LogP contribution >= 0.6 is 11.8 Å². The molecule has 4 nitrogen and oxygen atoms in total. The maximum atomic E-state index is 8.11. The first-order valence-electron chi connectivity index (χ1n) is 2.17. The molecule has 2 N–H and O–H groups in total. The van der Waals surface area contributed by atoms with Gasteiger partial charge in [0.1, 0.15) is 0 Å². The zero-order chi connectivity index (χ0) is 6.24. The second-order valence-electron chi connectivity index (χ2n) is 1.13. The van der Waals surface area contributed by atoms with Gasteiger partial charge in [0.15, 0.2) is 5.34 Å². The van der Waals surface area contributed by atoms with E-state index in [4.69, 9.17) is 10.1 Å². The Balaban J connectivity index is 0.000000145. The molecule has 1 heterocycles. The molecular weight excluding hydrogens is 128 g/mol. The third-order valence-corrected chi connectivity index (χ3v) is 1.53. The van der Waals surface area contributed by atoms with Crippen molar-refractivity contribution in [1.82, 2.24) is 5.32 Å². The van der Waals surface area contributed by atoms with Crippen LogP contribution in [0.1, 0.15) is 0 Å². The molecule has 0 unspecified atom stereocenters. The molecule has 0 radical (unpaired) electrons. The molecule has 1 aliphatic heterocycles. The van der Waals surface area contributed by atoms with Gasteiger partial charge in [-0.3, -0.25) is 0 Å². The van der Waals surface area contributed by atoms with E-state index >= 15 is 0 Å². The standard InChI is InChI=1S/C3H7NS.HNO2/c1-2-5-3-4-1;2-1-3/h4H,1-3H2;(H,2,3). The topological polar surface area (TPSA) is 61.7 Å². The second-order valence-corrected chi connectivity index (χ2v) is 2.24. The molecule has 0 saturated carbocycles. The summed E-state index contributed by atoms with van der Waals surface area (Å²) >= 11 is 1.96. The van der Waals surface area contributed by atoms with Crippen LogP contribution in [0.2, 0.25) is 0 Å². The molecular formula is C3H8N2O2S. The fourth-order valence-corrected chi connectivity index (χ4v) is 1.08. The van der Waals surface area contributed by atoms with Gasteiger partial charge in [-0.25, -0.2) is 0 Å². The van der Waals surface area contributed by atoms with E-state index in [1.165, 1.54) is 23.5 Å². The Morgan fingerprint density at radius 2 is 2.38 bits per heavy atom. The highest BCUT2D eigenvalue weighted by Crippen LogP contribution is 1.99. The van der Waals surface area contributed by atoms with Crippen molar-refractivity contribution in [3.8, 4) is 0 Å². The Hall–Kier alpha value is -0.290. The van der Waals surface area contributed by atoms with Crippen molar-refractivity contribution < 1.29 is 5.21 Å². The molecule has 8 heavy (non-hydrogen) atoms. The highest BCUT2D eigenvalue weighted by Gasteiger charge is 1.93. The molecule has 0 aromatic rings. The van der Waals surface area contributed by atoms with Crippen molar-refractivity contribution in [2.24, 2.45) is 5.34 Å². The molecule has 0 aromatic carbocycles. The minimum absolute atomic E-state index is 1.17. The zero-order valence-electron chi connectivity index (χ0n) is 4.33. The largest absolute Gasteiger partial charge is 0.379 e.